The van der Waals surface area contributed by atoms with Crippen LogP contribution in [-0.4, -0.2) is 9.97 Å². The van der Waals surface area contributed by atoms with Crippen LogP contribution in [0, 0.1) is 10.5 Å². The summed E-state index contributed by atoms with van der Waals surface area (Å²) in [6.07, 6.45) is 0. The Balaban J connectivity index is 2.08. The minimum absolute atomic E-state index is 0.923. The molecule has 1 aromatic heterocycles. The van der Waals surface area contributed by atoms with Gasteiger partial charge >= 0.3 is 0 Å². The molecule has 0 aliphatic heterocycles. The van der Waals surface area contributed by atoms with Gasteiger partial charge in [-0.15, -0.1) is 0 Å². The molecule has 2 aromatic carbocycles. The van der Waals surface area contributed by atoms with Crippen molar-refractivity contribution in [2.24, 2.45) is 0 Å². The Morgan fingerprint density at radius 1 is 0.947 bits per heavy atom. The maximum Gasteiger partial charge on any atom is 0.138 e. The number of aromatic amines is 1. The number of imidazole rings is 1. The molecule has 0 amide bonds. The van der Waals surface area contributed by atoms with Crippen LogP contribution in [-0.2, 0) is 0 Å². The first-order valence-electron chi connectivity index (χ1n) is 6.12. The minimum atomic E-state index is 0.923. The van der Waals surface area contributed by atoms with Gasteiger partial charge in [-0.05, 0) is 41.6 Å². The van der Waals surface area contributed by atoms with Crippen LogP contribution >= 0.6 is 22.6 Å². The Labute approximate surface area is 126 Å². The molecule has 0 bridgehead atoms. The van der Waals surface area contributed by atoms with Crippen molar-refractivity contribution in [3.63, 3.8) is 0 Å². The van der Waals surface area contributed by atoms with Gasteiger partial charge in [0.15, 0.2) is 0 Å². The minimum Gasteiger partial charge on any atom is -0.342 e. The Morgan fingerprint density at radius 2 is 1.68 bits per heavy atom. The van der Waals surface area contributed by atoms with Gasteiger partial charge in [-0.1, -0.05) is 42.5 Å². The topological polar surface area (TPSA) is 28.7 Å². The number of nitrogens with one attached hydrogen (secondary N) is 1. The van der Waals surface area contributed by atoms with Crippen molar-refractivity contribution in [1.82, 2.24) is 9.97 Å². The maximum atomic E-state index is 4.73. The highest BCUT2D eigenvalue weighted by atomic mass is 127. The monoisotopic (exact) mass is 360 g/mol. The zero-order valence-electron chi connectivity index (χ0n) is 10.5. The number of aromatic nitrogens is 2. The zero-order chi connectivity index (χ0) is 13.2. The van der Waals surface area contributed by atoms with Crippen LogP contribution in [0.2, 0.25) is 0 Å². The molecule has 0 spiro atoms. The average Bonchev–Trinajstić information content (AvgIpc) is 2.82. The molecule has 3 rings (SSSR count). The second kappa shape index (κ2) is 5.17. The van der Waals surface area contributed by atoms with Gasteiger partial charge in [-0.25, -0.2) is 4.98 Å². The lowest BCUT2D eigenvalue weighted by molar-refractivity contribution is 1.26. The summed E-state index contributed by atoms with van der Waals surface area (Å²) in [5, 5.41) is 0. The molecule has 94 valence electrons. The first-order valence-corrected chi connectivity index (χ1v) is 7.20. The smallest absolute Gasteiger partial charge is 0.138 e. The molecule has 0 saturated heterocycles. The fraction of sp³-hybridized carbons (Fsp3) is 0.0625. The molecular formula is C16H13IN2. The van der Waals surface area contributed by atoms with Gasteiger partial charge in [0.25, 0.3) is 0 Å². The quantitative estimate of drug-likeness (QED) is 0.662. The summed E-state index contributed by atoms with van der Waals surface area (Å²) in [6, 6.07) is 18.6. The Hall–Kier alpha value is -1.62. The molecule has 0 aliphatic rings. The van der Waals surface area contributed by atoms with Gasteiger partial charge in [0.2, 0.25) is 0 Å². The summed E-state index contributed by atoms with van der Waals surface area (Å²) in [5.41, 5.74) is 4.39. The summed E-state index contributed by atoms with van der Waals surface area (Å²) < 4.78 is 1.22. The number of H-pyrrole nitrogens is 1. The van der Waals surface area contributed by atoms with E-state index >= 15 is 0 Å². The fourth-order valence-corrected chi connectivity index (χ4v) is 2.65. The lowest BCUT2D eigenvalue weighted by atomic mass is 10.1. The normalized spacial score (nSPS) is 10.6. The van der Waals surface area contributed by atoms with Crippen LogP contribution in [0.25, 0.3) is 22.6 Å². The summed E-state index contributed by atoms with van der Waals surface area (Å²) in [5.74, 6) is 0.923. The number of benzene rings is 2. The standard InChI is InChI=1S/C16H13IN2/c1-11-15(13-8-5-9-14(17)10-13)19-16(18-11)12-6-3-2-4-7-12/h2-10H,1H3,(H,18,19). The van der Waals surface area contributed by atoms with Crippen molar-refractivity contribution < 1.29 is 0 Å². The third kappa shape index (κ3) is 2.56. The van der Waals surface area contributed by atoms with Crippen molar-refractivity contribution in [3.05, 3.63) is 63.9 Å². The fourth-order valence-electron chi connectivity index (χ4n) is 2.11. The second-order valence-electron chi connectivity index (χ2n) is 4.44. The number of rotatable bonds is 2. The number of hydrogen-bond donors (Lipinski definition) is 1. The molecule has 0 saturated carbocycles. The molecule has 1 heterocycles. The highest BCUT2D eigenvalue weighted by Gasteiger charge is 2.10. The van der Waals surface area contributed by atoms with Gasteiger partial charge in [0.05, 0.1) is 5.69 Å². The average molecular weight is 360 g/mol. The van der Waals surface area contributed by atoms with E-state index in [1.54, 1.807) is 0 Å². The molecule has 3 heteroatoms. The molecular weight excluding hydrogens is 347 g/mol. The molecule has 0 radical (unpaired) electrons. The predicted molar refractivity (Wildman–Crippen MR) is 86.9 cm³/mol. The first-order chi connectivity index (χ1) is 9.24. The number of aryl methyl sites for hydroxylation is 1. The number of hydrogen-bond acceptors (Lipinski definition) is 1. The number of nitrogens with zero attached hydrogens (tertiary/aromatic N) is 1. The van der Waals surface area contributed by atoms with Gasteiger partial charge in [-0.2, -0.15) is 0 Å². The van der Waals surface area contributed by atoms with E-state index in [1.165, 1.54) is 3.57 Å². The van der Waals surface area contributed by atoms with Crippen LogP contribution in [0.1, 0.15) is 5.69 Å². The summed E-state index contributed by atoms with van der Waals surface area (Å²) >= 11 is 2.32. The zero-order valence-corrected chi connectivity index (χ0v) is 12.7. The molecule has 1 N–H and O–H groups in total. The van der Waals surface area contributed by atoms with Gasteiger partial charge in [0, 0.05) is 20.4 Å². The predicted octanol–water partition coefficient (Wildman–Crippen LogP) is 4.66. The van der Waals surface area contributed by atoms with Gasteiger partial charge < -0.3 is 4.98 Å². The van der Waals surface area contributed by atoms with Crippen LogP contribution in [0.3, 0.4) is 0 Å². The number of halogens is 1. The third-order valence-corrected chi connectivity index (χ3v) is 3.70. The Morgan fingerprint density at radius 3 is 2.42 bits per heavy atom. The molecule has 2 nitrogen and oxygen atoms in total. The molecule has 0 fully saturated rings. The van der Waals surface area contributed by atoms with Crippen molar-refractivity contribution in [3.8, 4) is 22.6 Å². The van der Waals surface area contributed by atoms with Crippen LogP contribution in [0.15, 0.2) is 54.6 Å². The van der Waals surface area contributed by atoms with Crippen LogP contribution < -0.4 is 0 Å². The van der Waals surface area contributed by atoms with Crippen LogP contribution in [0.4, 0.5) is 0 Å². The van der Waals surface area contributed by atoms with Gasteiger partial charge in [-0.3, -0.25) is 0 Å². The van der Waals surface area contributed by atoms with Crippen molar-refractivity contribution in [2.75, 3.05) is 0 Å². The second-order valence-corrected chi connectivity index (χ2v) is 5.68. The SMILES string of the molecule is Cc1[nH]c(-c2ccccc2)nc1-c1cccc(I)c1. The molecule has 19 heavy (non-hydrogen) atoms. The Bertz CT molecular complexity index is 702. The lowest BCUT2D eigenvalue weighted by Gasteiger charge is -1.99. The molecule has 0 aliphatic carbocycles. The lowest BCUT2D eigenvalue weighted by Crippen LogP contribution is -1.82. The van der Waals surface area contributed by atoms with E-state index in [0.29, 0.717) is 0 Å². The van der Waals surface area contributed by atoms with E-state index in [0.717, 1.165) is 28.3 Å². The van der Waals surface area contributed by atoms with E-state index in [9.17, 15) is 0 Å². The van der Waals surface area contributed by atoms with E-state index < -0.39 is 0 Å². The first kappa shape index (κ1) is 12.4. The summed E-state index contributed by atoms with van der Waals surface area (Å²) in [6.45, 7) is 2.06. The molecule has 3 aromatic rings. The maximum absolute atomic E-state index is 4.73. The summed E-state index contributed by atoms with van der Waals surface area (Å²) in [7, 11) is 0. The van der Waals surface area contributed by atoms with E-state index in [-0.39, 0.29) is 0 Å². The van der Waals surface area contributed by atoms with Crippen molar-refractivity contribution in [1.29, 1.82) is 0 Å². The van der Waals surface area contributed by atoms with Crippen LogP contribution in [0.5, 0.6) is 0 Å². The molecule has 0 atom stereocenters. The van der Waals surface area contributed by atoms with E-state index in [2.05, 4.69) is 70.9 Å². The van der Waals surface area contributed by atoms with Gasteiger partial charge in [0.1, 0.15) is 5.82 Å². The van der Waals surface area contributed by atoms with E-state index in [4.69, 9.17) is 4.98 Å². The third-order valence-electron chi connectivity index (χ3n) is 3.03. The highest BCUT2D eigenvalue weighted by molar-refractivity contribution is 14.1. The van der Waals surface area contributed by atoms with Crippen molar-refractivity contribution >= 4 is 22.6 Å². The Kier molecular flexibility index (Phi) is 3.38. The molecule has 0 unspecified atom stereocenters. The van der Waals surface area contributed by atoms with Crippen molar-refractivity contribution in [2.45, 2.75) is 6.92 Å². The highest BCUT2D eigenvalue weighted by Crippen LogP contribution is 2.26. The summed E-state index contributed by atoms with van der Waals surface area (Å²) in [4.78, 5) is 8.10. The largest absolute Gasteiger partial charge is 0.342 e. The van der Waals surface area contributed by atoms with E-state index in [1.807, 2.05) is 18.2 Å².